The summed E-state index contributed by atoms with van der Waals surface area (Å²) >= 11 is 0. The zero-order valence-corrected chi connectivity index (χ0v) is 14.6. The molecule has 3 aromatic rings. The van der Waals surface area contributed by atoms with Crippen molar-refractivity contribution in [1.29, 1.82) is 0 Å². The van der Waals surface area contributed by atoms with Crippen molar-refractivity contribution in [1.82, 2.24) is 4.57 Å². The van der Waals surface area contributed by atoms with E-state index in [1.165, 1.54) is 38.9 Å². The average molecular weight is 311 g/mol. The lowest BCUT2D eigenvalue weighted by Gasteiger charge is -2.38. The van der Waals surface area contributed by atoms with Crippen LogP contribution >= 0.6 is 10.0 Å². The molecule has 22 heavy (non-hydrogen) atoms. The molecule has 3 rings (SSSR count). The highest BCUT2D eigenvalue weighted by Gasteiger charge is 2.26. The molecule has 0 radical (unpaired) electrons. The summed E-state index contributed by atoms with van der Waals surface area (Å²) in [6.45, 7) is 7.07. The lowest BCUT2D eigenvalue weighted by atomic mass is 10.2. The lowest BCUT2D eigenvalue weighted by molar-refractivity contribution is 0.973. The molecule has 116 valence electrons. The largest absolute Gasteiger partial charge is 0.306 e. The maximum atomic E-state index is 2.50. The summed E-state index contributed by atoms with van der Waals surface area (Å²) in [5, 5.41) is 2.89. The van der Waals surface area contributed by atoms with Crippen LogP contribution in [0.25, 0.3) is 16.6 Å². The first-order valence-corrected chi connectivity index (χ1v) is 10.3. The maximum Gasteiger partial charge on any atom is 0.0634 e. The van der Waals surface area contributed by atoms with Gasteiger partial charge < -0.3 is 4.57 Å². The van der Waals surface area contributed by atoms with Gasteiger partial charge in [-0.1, -0.05) is 57.2 Å². The van der Waals surface area contributed by atoms with Crippen molar-refractivity contribution in [3.05, 3.63) is 60.7 Å². The molecule has 0 saturated carbocycles. The predicted molar refractivity (Wildman–Crippen MR) is 101 cm³/mol. The van der Waals surface area contributed by atoms with E-state index in [1.54, 1.807) is 0 Å². The van der Waals surface area contributed by atoms with E-state index in [1.807, 2.05) is 0 Å². The Morgan fingerprint density at radius 2 is 1.36 bits per heavy atom. The van der Waals surface area contributed by atoms with E-state index in [4.69, 9.17) is 0 Å². The third-order valence-corrected chi connectivity index (χ3v) is 9.30. The molecule has 0 spiro atoms. The highest BCUT2D eigenvalue weighted by Crippen LogP contribution is 2.56. The molecule has 0 unspecified atom stereocenters. The number of hydrogen-bond acceptors (Lipinski definition) is 0. The van der Waals surface area contributed by atoms with Crippen LogP contribution in [0.3, 0.4) is 0 Å². The van der Waals surface area contributed by atoms with Crippen molar-refractivity contribution < 1.29 is 0 Å². The van der Waals surface area contributed by atoms with E-state index in [9.17, 15) is 0 Å². The molecule has 0 fully saturated rings. The Bertz CT molecular complexity index is 745. The second-order valence-electron chi connectivity index (χ2n) is 5.62. The van der Waals surface area contributed by atoms with Crippen LogP contribution in [0.1, 0.15) is 20.8 Å². The molecule has 0 aliphatic heterocycles. The molecule has 0 aliphatic carbocycles. The first-order chi connectivity index (χ1) is 10.8. The second kappa shape index (κ2) is 6.21. The van der Waals surface area contributed by atoms with E-state index >= 15 is 0 Å². The highest BCUT2D eigenvalue weighted by atomic mass is 32.3. The van der Waals surface area contributed by atoms with Gasteiger partial charge in [-0.05, 0) is 41.5 Å². The van der Waals surface area contributed by atoms with Crippen molar-refractivity contribution in [3.8, 4) is 5.69 Å². The average Bonchev–Trinajstić information content (AvgIpc) is 2.98. The van der Waals surface area contributed by atoms with Gasteiger partial charge in [0.1, 0.15) is 0 Å². The van der Waals surface area contributed by atoms with E-state index in [0.29, 0.717) is 0 Å². The van der Waals surface area contributed by atoms with Gasteiger partial charge in [0.2, 0.25) is 0 Å². The fourth-order valence-electron chi connectivity index (χ4n) is 3.35. The summed E-state index contributed by atoms with van der Waals surface area (Å²) in [6, 6.07) is 22.0. The van der Waals surface area contributed by atoms with Gasteiger partial charge in [0, 0.05) is 11.1 Å². The van der Waals surface area contributed by atoms with Gasteiger partial charge in [0.05, 0.1) is 10.5 Å². The molecule has 1 nitrogen and oxygen atoms in total. The van der Waals surface area contributed by atoms with Crippen molar-refractivity contribution in [3.63, 3.8) is 0 Å². The van der Waals surface area contributed by atoms with Gasteiger partial charge in [-0.25, -0.2) is 10.0 Å². The third-order valence-electron chi connectivity index (χ3n) is 4.79. The Hall–Kier alpha value is -1.67. The van der Waals surface area contributed by atoms with E-state index in [-0.39, 0.29) is 0 Å². The van der Waals surface area contributed by atoms with Crippen LogP contribution in [0, 0.1) is 0 Å². The smallest absolute Gasteiger partial charge is 0.0634 e. The summed E-state index contributed by atoms with van der Waals surface area (Å²) in [7, 11) is -0.767. The Labute approximate surface area is 135 Å². The van der Waals surface area contributed by atoms with Gasteiger partial charge in [-0.2, -0.15) is 0 Å². The Morgan fingerprint density at radius 3 is 2.00 bits per heavy atom. The van der Waals surface area contributed by atoms with E-state index in [2.05, 4.69) is 86.0 Å². The first kappa shape index (κ1) is 15.2. The normalized spacial score (nSPS) is 12.7. The second-order valence-corrected chi connectivity index (χ2v) is 9.86. The Kier molecular flexibility index (Phi) is 4.30. The van der Waals surface area contributed by atoms with Gasteiger partial charge in [-0.3, -0.25) is 0 Å². The van der Waals surface area contributed by atoms with Crippen molar-refractivity contribution in [2.45, 2.75) is 25.8 Å². The molecule has 2 heteroatoms. The maximum absolute atomic E-state index is 2.50. The highest BCUT2D eigenvalue weighted by molar-refractivity contribution is 8.33. The van der Waals surface area contributed by atoms with Crippen LogP contribution in [-0.2, 0) is 0 Å². The van der Waals surface area contributed by atoms with Gasteiger partial charge in [0.15, 0.2) is 0 Å². The fourth-order valence-corrected chi connectivity index (χ4v) is 6.43. The molecule has 1 aromatic heterocycles. The molecule has 0 saturated heterocycles. The minimum absolute atomic E-state index is 0.767. The molecule has 0 atom stereocenters. The number of aromatic nitrogens is 1. The van der Waals surface area contributed by atoms with Crippen molar-refractivity contribution >= 4 is 20.9 Å². The number of rotatable bonds is 5. The predicted octanol–water partition coefficient (Wildman–Crippen LogP) is 5.85. The van der Waals surface area contributed by atoms with Crippen molar-refractivity contribution in [2.75, 3.05) is 17.3 Å². The number of nitrogens with zero attached hydrogens (tertiary/aromatic N) is 1. The third kappa shape index (κ3) is 2.36. The van der Waals surface area contributed by atoms with E-state index in [0.717, 1.165) is 0 Å². The number of benzene rings is 2. The Balaban J connectivity index is 2.35. The zero-order chi connectivity index (χ0) is 15.6. The minimum Gasteiger partial charge on any atom is -0.306 e. The Morgan fingerprint density at radius 1 is 0.773 bits per heavy atom. The number of hydrogen-bond donors (Lipinski definition) is 0. The van der Waals surface area contributed by atoms with Crippen LogP contribution in [0.4, 0.5) is 0 Å². The summed E-state index contributed by atoms with van der Waals surface area (Å²) in [6.07, 6.45) is 0. The molecule has 2 aromatic carbocycles. The minimum atomic E-state index is -0.767. The van der Waals surface area contributed by atoms with Crippen LogP contribution in [-0.4, -0.2) is 21.8 Å². The van der Waals surface area contributed by atoms with Crippen molar-refractivity contribution in [2.24, 2.45) is 0 Å². The number of para-hydroxylation sites is 2. The van der Waals surface area contributed by atoms with E-state index < -0.39 is 10.0 Å². The van der Waals surface area contributed by atoms with Gasteiger partial charge in [0.25, 0.3) is 0 Å². The standard InChI is InChI=1S/C20H25NS/c1-4-22(5-2,6-3)20-16-17-12-10-11-15-19(17)21(20)18-13-8-7-9-14-18/h7-16H,4-6H2,1-3H3. The molecule has 0 amide bonds. The molecule has 0 N–H and O–H groups in total. The van der Waals surface area contributed by atoms with Gasteiger partial charge >= 0.3 is 0 Å². The summed E-state index contributed by atoms with van der Waals surface area (Å²) in [4.78, 5) is 0. The molecule has 1 heterocycles. The topological polar surface area (TPSA) is 4.93 Å². The summed E-state index contributed by atoms with van der Waals surface area (Å²) < 4.78 is 2.50. The molecule has 0 aliphatic rings. The SMILES string of the molecule is CCS(CC)(CC)c1cc2ccccc2n1-c1ccccc1. The quantitative estimate of drug-likeness (QED) is 0.556. The molecular formula is C20H25NS. The van der Waals surface area contributed by atoms with Crippen LogP contribution in [0.15, 0.2) is 65.7 Å². The fraction of sp³-hybridized carbons (Fsp3) is 0.300. The zero-order valence-electron chi connectivity index (χ0n) is 13.8. The molecule has 0 bridgehead atoms. The number of fused-ring (bicyclic) bond motifs is 1. The summed E-state index contributed by atoms with van der Waals surface area (Å²) in [5.74, 6) is 3.76. The summed E-state index contributed by atoms with van der Waals surface area (Å²) in [5.41, 5.74) is 2.61. The van der Waals surface area contributed by atoms with Gasteiger partial charge in [-0.15, -0.1) is 0 Å². The van der Waals surface area contributed by atoms with Crippen LogP contribution in [0.5, 0.6) is 0 Å². The lowest BCUT2D eigenvalue weighted by Crippen LogP contribution is -2.13. The molecular weight excluding hydrogens is 286 g/mol. The monoisotopic (exact) mass is 311 g/mol. The van der Waals surface area contributed by atoms with Crippen LogP contribution in [0.2, 0.25) is 0 Å². The van der Waals surface area contributed by atoms with Crippen LogP contribution < -0.4 is 0 Å². The first-order valence-electron chi connectivity index (χ1n) is 8.18.